The van der Waals surface area contributed by atoms with Gasteiger partial charge in [-0.3, -0.25) is 0 Å². The Hall–Kier alpha value is -2.81. The first-order valence-corrected chi connectivity index (χ1v) is 8.13. The lowest BCUT2D eigenvalue weighted by Crippen LogP contribution is -2.34. The summed E-state index contributed by atoms with van der Waals surface area (Å²) in [5, 5.41) is 7.24. The zero-order chi connectivity index (χ0) is 18.7. The zero-order valence-electron chi connectivity index (χ0n) is 13.5. The Morgan fingerprint density at radius 1 is 1.15 bits per heavy atom. The first-order chi connectivity index (χ1) is 12.3. The number of halogens is 3. The number of anilines is 1. The van der Waals surface area contributed by atoms with Gasteiger partial charge in [-0.25, -0.2) is 4.98 Å². The Bertz CT molecular complexity index is 936. The number of nitrogens with one attached hydrogen (secondary N) is 3. The Morgan fingerprint density at radius 2 is 1.92 bits per heavy atom. The van der Waals surface area contributed by atoms with E-state index in [9.17, 15) is 13.2 Å². The number of nitrogens with two attached hydrogens (primary N) is 1. The summed E-state index contributed by atoms with van der Waals surface area (Å²) in [6, 6.07) is 7.24. The monoisotopic (exact) mass is 379 g/mol. The number of nitrogens with zero attached hydrogens (tertiary/aromatic N) is 1. The van der Waals surface area contributed by atoms with Crippen LogP contribution in [0.5, 0.6) is 0 Å². The van der Waals surface area contributed by atoms with E-state index in [1.165, 1.54) is 6.07 Å². The van der Waals surface area contributed by atoms with Crippen molar-refractivity contribution in [2.45, 2.75) is 19.3 Å². The van der Waals surface area contributed by atoms with Crippen LogP contribution in [0.1, 0.15) is 16.7 Å². The summed E-state index contributed by atoms with van der Waals surface area (Å²) >= 11 is 5.19. The Labute approximate surface area is 152 Å². The molecule has 2 heterocycles. The van der Waals surface area contributed by atoms with Crippen molar-refractivity contribution in [3.05, 3.63) is 59.4 Å². The fourth-order valence-corrected chi connectivity index (χ4v) is 2.72. The fourth-order valence-electron chi connectivity index (χ4n) is 2.58. The molecule has 0 aliphatic heterocycles. The first-order valence-electron chi connectivity index (χ1n) is 7.72. The van der Waals surface area contributed by atoms with E-state index in [0.29, 0.717) is 17.2 Å². The highest BCUT2D eigenvalue weighted by molar-refractivity contribution is 7.80. The molecule has 136 valence electrons. The van der Waals surface area contributed by atoms with E-state index in [4.69, 9.17) is 18.0 Å². The third-order valence-electron chi connectivity index (χ3n) is 3.79. The Morgan fingerprint density at radius 3 is 2.69 bits per heavy atom. The first kappa shape index (κ1) is 18.0. The van der Waals surface area contributed by atoms with Gasteiger partial charge in [0.1, 0.15) is 5.65 Å². The Kier molecular flexibility index (Phi) is 4.99. The Balaban J connectivity index is 1.59. The van der Waals surface area contributed by atoms with Crippen LogP contribution in [0.15, 0.2) is 42.7 Å². The predicted molar refractivity (Wildman–Crippen MR) is 98.2 cm³/mol. The minimum absolute atomic E-state index is 0.0575. The van der Waals surface area contributed by atoms with E-state index in [-0.39, 0.29) is 12.2 Å². The van der Waals surface area contributed by atoms with Gasteiger partial charge in [-0.1, -0.05) is 0 Å². The molecule has 0 aliphatic carbocycles. The van der Waals surface area contributed by atoms with Gasteiger partial charge in [-0.05, 0) is 53.7 Å². The van der Waals surface area contributed by atoms with E-state index in [2.05, 4.69) is 20.6 Å². The highest BCUT2D eigenvalue weighted by Crippen LogP contribution is 2.31. The molecule has 0 saturated carbocycles. The zero-order valence-corrected chi connectivity index (χ0v) is 14.3. The van der Waals surface area contributed by atoms with Gasteiger partial charge in [0.15, 0.2) is 5.11 Å². The quantitative estimate of drug-likeness (QED) is 0.413. The van der Waals surface area contributed by atoms with Crippen LogP contribution in [-0.4, -0.2) is 15.1 Å². The van der Waals surface area contributed by atoms with Crippen molar-refractivity contribution in [1.82, 2.24) is 20.6 Å². The largest absolute Gasteiger partial charge is 0.416 e. The van der Waals surface area contributed by atoms with Gasteiger partial charge in [0.2, 0.25) is 0 Å². The lowest BCUT2D eigenvalue weighted by Gasteiger charge is -2.13. The summed E-state index contributed by atoms with van der Waals surface area (Å²) in [6.45, 7) is 0.600. The van der Waals surface area contributed by atoms with Gasteiger partial charge in [0.25, 0.3) is 0 Å². The van der Waals surface area contributed by atoms with Crippen molar-refractivity contribution < 1.29 is 13.2 Å². The number of rotatable bonds is 4. The van der Waals surface area contributed by atoms with Crippen LogP contribution in [0.4, 0.5) is 18.9 Å². The summed E-state index contributed by atoms with van der Waals surface area (Å²) < 4.78 is 38.5. The van der Waals surface area contributed by atoms with Gasteiger partial charge in [0.05, 0.1) is 5.56 Å². The van der Waals surface area contributed by atoms with Crippen LogP contribution in [0.3, 0.4) is 0 Å². The minimum atomic E-state index is -4.44. The highest BCUT2D eigenvalue weighted by atomic mass is 32.1. The van der Waals surface area contributed by atoms with E-state index < -0.39 is 11.7 Å². The molecule has 2 aromatic heterocycles. The van der Waals surface area contributed by atoms with Crippen LogP contribution in [0.25, 0.3) is 11.0 Å². The molecule has 0 amide bonds. The van der Waals surface area contributed by atoms with Gasteiger partial charge in [-0.2, -0.15) is 13.2 Å². The average molecular weight is 379 g/mol. The van der Waals surface area contributed by atoms with Crippen molar-refractivity contribution in [3.8, 4) is 0 Å². The maximum absolute atomic E-state index is 12.8. The topological polar surface area (TPSA) is 78.8 Å². The average Bonchev–Trinajstić information content (AvgIpc) is 3.06. The van der Waals surface area contributed by atoms with Crippen molar-refractivity contribution in [2.24, 2.45) is 0 Å². The number of aromatic amines is 1. The summed E-state index contributed by atoms with van der Waals surface area (Å²) in [6.07, 6.45) is -0.945. The van der Waals surface area contributed by atoms with E-state index in [0.717, 1.165) is 28.7 Å². The smallest absolute Gasteiger partial charge is 0.399 e. The number of fused-ring (bicyclic) bond motifs is 1. The second-order valence-corrected chi connectivity index (χ2v) is 6.12. The predicted octanol–water partition coefficient (Wildman–Crippen LogP) is 3.33. The van der Waals surface area contributed by atoms with Gasteiger partial charge >= 0.3 is 6.18 Å². The molecular formula is C17H16F3N5S. The fraction of sp³-hybridized carbons (Fsp3) is 0.176. The third kappa shape index (κ3) is 4.23. The molecule has 1 aromatic carbocycles. The second-order valence-electron chi connectivity index (χ2n) is 5.71. The number of alkyl halides is 3. The lowest BCUT2D eigenvalue weighted by atomic mass is 10.1. The molecule has 5 nitrogen and oxygen atoms in total. The van der Waals surface area contributed by atoms with Crippen LogP contribution in [0, 0.1) is 0 Å². The molecule has 3 aromatic rings. The molecule has 3 rings (SSSR count). The molecule has 26 heavy (non-hydrogen) atoms. The molecule has 0 bridgehead atoms. The maximum atomic E-state index is 12.8. The summed E-state index contributed by atoms with van der Waals surface area (Å²) in [5.41, 5.74) is 7.02. The number of aromatic nitrogens is 2. The summed E-state index contributed by atoms with van der Waals surface area (Å²) in [4.78, 5) is 7.23. The van der Waals surface area contributed by atoms with E-state index >= 15 is 0 Å². The van der Waals surface area contributed by atoms with Crippen LogP contribution in [-0.2, 0) is 19.3 Å². The van der Waals surface area contributed by atoms with Crippen LogP contribution in [0.2, 0.25) is 0 Å². The van der Waals surface area contributed by atoms with Crippen molar-refractivity contribution in [1.29, 1.82) is 0 Å². The SMILES string of the molecule is Nc1cc(CNC(=S)NCc2ccnc3[nH]ccc23)cc(C(F)(F)F)c1. The van der Waals surface area contributed by atoms with Crippen LogP contribution < -0.4 is 16.4 Å². The minimum Gasteiger partial charge on any atom is -0.399 e. The number of hydrogen-bond donors (Lipinski definition) is 4. The summed E-state index contributed by atoms with van der Waals surface area (Å²) in [7, 11) is 0. The molecule has 0 aliphatic rings. The van der Waals surface area contributed by atoms with Gasteiger partial charge in [0, 0.05) is 36.6 Å². The molecule has 9 heteroatoms. The molecule has 5 N–H and O–H groups in total. The van der Waals surface area contributed by atoms with Crippen molar-refractivity contribution in [3.63, 3.8) is 0 Å². The van der Waals surface area contributed by atoms with E-state index in [1.54, 1.807) is 12.4 Å². The molecule has 0 atom stereocenters. The second kappa shape index (κ2) is 7.20. The van der Waals surface area contributed by atoms with Crippen LogP contribution >= 0.6 is 12.2 Å². The highest BCUT2D eigenvalue weighted by Gasteiger charge is 2.30. The van der Waals surface area contributed by atoms with Crippen molar-refractivity contribution >= 4 is 34.1 Å². The number of nitrogen functional groups attached to an aromatic ring is 1. The number of hydrogen-bond acceptors (Lipinski definition) is 3. The molecular weight excluding hydrogens is 363 g/mol. The van der Waals surface area contributed by atoms with Gasteiger partial charge in [-0.15, -0.1) is 0 Å². The standard InChI is InChI=1S/C17H16F3N5S/c18-17(19,20)12-5-10(6-13(21)7-12)8-24-16(26)25-9-11-1-3-22-15-14(11)2-4-23-15/h1-7H,8-9,21H2,(H,22,23)(H2,24,25,26). The van der Waals surface area contributed by atoms with Crippen molar-refractivity contribution in [2.75, 3.05) is 5.73 Å². The molecule has 0 unspecified atom stereocenters. The van der Waals surface area contributed by atoms with E-state index in [1.807, 2.05) is 12.1 Å². The summed E-state index contributed by atoms with van der Waals surface area (Å²) in [5.74, 6) is 0. The number of thiocarbonyl (C=S) groups is 1. The maximum Gasteiger partial charge on any atom is 0.416 e. The molecule has 0 saturated heterocycles. The molecule has 0 radical (unpaired) electrons. The number of benzene rings is 1. The number of H-pyrrole nitrogens is 1. The lowest BCUT2D eigenvalue weighted by molar-refractivity contribution is -0.137. The number of pyridine rings is 1. The normalized spacial score (nSPS) is 11.5. The molecule has 0 fully saturated rings. The van der Waals surface area contributed by atoms with Gasteiger partial charge < -0.3 is 21.4 Å². The molecule has 0 spiro atoms. The third-order valence-corrected chi connectivity index (χ3v) is 4.07.